The van der Waals surface area contributed by atoms with Crippen molar-refractivity contribution >= 4 is 0 Å². The quantitative estimate of drug-likeness (QED) is 0.144. The lowest BCUT2D eigenvalue weighted by molar-refractivity contribution is 0.263. The molecule has 0 aromatic heterocycles. The van der Waals surface area contributed by atoms with Gasteiger partial charge in [0, 0.05) is 11.1 Å². The van der Waals surface area contributed by atoms with Crippen LogP contribution in [-0.4, -0.2) is 38.6 Å². The van der Waals surface area contributed by atoms with Gasteiger partial charge in [0.2, 0.25) is 0 Å². The van der Waals surface area contributed by atoms with Crippen LogP contribution in [0.1, 0.15) is 22.3 Å². The summed E-state index contributed by atoms with van der Waals surface area (Å²) in [4.78, 5) is 0. The Balaban J connectivity index is 1.29. The minimum atomic E-state index is -0.611. The molecule has 2 unspecified atom stereocenters. The number of ether oxygens (including phenoxy) is 4. The largest absolute Gasteiger partial charge is 0.490 e. The Hall–Kier alpha value is -5.16. The molecule has 3 aliphatic rings. The first-order valence-electron chi connectivity index (χ1n) is 16.4. The van der Waals surface area contributed by atoms with Gasteiger partial charge in [0.05, 0.1) is 18.6 Å². The Morgan fingerprint density at radius 1 is 0.468 bits per heavy atom. The molecule has 0 amide bonds. The second-order valence-corrected chi connectivity index (χ2v) is 12.5. The van der Waals surface area contributed by atoms with Gasteiger partial charge in [0.15, 0.2) is 0 Å². The van der Waals surface area contributed by atoms with Crippen molar-refractivity contribution in [1.82, 2.24) is 0 Å². The third-order valence-electron chi connectivity index (χ3n) is 9.61. The van der Waals surface area contributed by atoms with E-state index in [1.807, 2.05) is 12.1 Å². The van der Waals surface area contributed by atoms with Crippen LogP contribution in [0.25, 0.3) is 33.4 Å². The van der Waals surface area contributed by atoms with Crippen LogP contribution >= 0.6 is 0 Å². The van der Waals surface area contributed by atoms with Crippen LogP contribution in [0, 0.1) is 0 Å². The zero-order chi connectivity index (χ0) is 31.2. The van der Waals surface area contributed by atoms with Gasteiger partial charge in [-0.2, -0.15) is 0 Å². The monoisotopic (exact) mass is 614 g/mol. The lowest BCUT2D eigenvalue weighted by Gasteiger charge is -2.35. The van der Waals surface area contributed by atoms with Crippen LogP contribution in [0.2, 0.25) is 0 Å². The third-order valence-corrected chi connectivity index (χ3v) is 9.61. The summed E-state index contributed by atoms with van der Waals surface area (Å²) in [5.74, 6) is 1.71. The molecule has 1 aliphatic carbocycles. The highest BCUT2D eigenvalue weighted by atomic mass is 16.6. The first kappa shape index (κ1) is 28.1. The topological polar surface area (TPSA) is 43.5 Å². The van der Waals surface area contributed by atoms with E-state index in [0.717, 1.165) is 58.1 Å². The standard InChI is InChI=1S/C43H34O4/c1-3-11-29(12-4-1)35-21-19-31(23-41(35)46-27-33-25-44-33)43(39-17-9-7-15-37(39)38-16-8-10-18-40(38)43)32-20-22-36(30-13-5-2-6-14-30)42(24-32)47-28-34-26-45-34/h1-24,33-34H,25-28H2. The molecule has 47 heavy (non-hydrogen) atoms. The molecule has 6 aromatic rings. The first-order valence-corrected chi connectivity index (χ1v) is 16.4. The second-order valence-electron chi connectivity index (χ2n) is 12.5. The molecule has 0 N–H and O–H groups in total. The number of rotatable bonds is 10. The predicted molar refractivity (Wildman–Crippen MR) is 185 cm³/mol. The molecule has 2 atom stereocenters. The van der Waals surface area contributed by atoms with E-state index in [1.165, 1.54) is 22.3 Å². The number of benzene rings is 6. The van der Waals surface area contributed by atoms with Crippen molar-refractivity contribution < 1.29 is 18.9 Å². The van der Waals surface area contributed by atoms with Crippen LogP contribution in [0.4, 0.5) is 0 Å². The van der Waals surface area contributed by atoms with Gasteiger partial charge in [-0.15, -0.1) is 0 Å². The van der Waals surface area contributed by atoms with E-state index in [1.54, 1.807) is 0 Å². The van der Waals surface area contributed by atoms with Crippen molar-refractivity contribution in [1.29, 1.82) is 0 Å². The maximum Gasteiger partial charge on any atom is 0.127 e. The maximum atomic E-state index is 6.58. The Bertz CT molecular complexity index is 1910. The Morgan fingerprint density at radius 3 is 1.30 bits per heavy atom. The van der Waals surface area contributed by atoms with E-state index in [2.05, 4.69) is 133 Å². The molecular formula is C43H34O4. The minimum Gasteiger partial charge on any atom is -0.490 e. The molecule has 4 nitrogen and oxygen atoms in total. The van der Waals surface area contributed by atoms with Gasteiger partial charge in [-0.25, -0.2) is 0 Å². The fourth-order valence-electron chi connectivity index (χ4n) is 7.18. The molecule has 2 fully saturated rings. The summed E-state index contributed by atoms with van der Waals surface area (Å²) < 4.78 is 24.3. The molecular weight excluding hydrogens is 580 g/mol. The lowest BCUT2D eigenvalue weighted by Crippen LogP contribution is -2.29. The molecule has 6 aromatic carbocycles. The highest BCUT2D eigenvalue weighted by Crippen LogP contribution is 2.57. The van der Waals surface area contributed by atoms with Crippen LogP contribution in [0.3, 0.4) is 0 Å². The Kier molecular flexibility index (Phi) is 6.92. The zero-order valence-corrected chi connectivity index (χ0v) is 26.0. The molecule has 2 heterocycles. The van der Waals surface area contributed by atoms with Crippen molar-refractivity contribution in [3.8, 4) is 44.9 Å². The molecule has 2 aliphatic heterocycles. The van der Waals surface area contributed by atoms with Crippen LogP contribution < -0.4 is 9.47 Å². The summed E-state index contributed by atoms with van der Waals surface area (Å²) in [5.41, 5.74) is 11.0. The second kappa shape index (κ2) is 11.6. The SMILES string of the molecule is c1ccc(-c2ccc(C3(c4ccc(-c5ccccc5)c(OCC5CO5)c4)c4ccccc4-c4ccccc43)cc2OCC2CO2)cc1. The minimum absolute atomic E-state index is 0.143. The van der Waals surface area contributed by atoms with Gasteiger partial charge in [-0.3, -0.25) is 0 Å². The summed E-state index contributed by atoms with van der Waals surface area (Å²) in [6, 6.07) is 52.1. The Labute approximate surface area is 275 Å². The fraction of sp³-hybridized carbons (Fsp3) is 0.163. The van der Waals surface area contributed by atoms with E-state index in [4.69, 9.17) is 18.9 Å². The average molecular weight is 615 g/mol. The van der Waals surface area contributed by atoms with E-state index in [-0.39, 0.29) is 12.2 Å². The van der Waals surface area contributed by atoms with Gasteiger partial charge in [-0.1, -0.05) is 133 Å². The maximum absolute atomic E-state index is 6.58. The summed E-state index contributed by atoms with van der Waals surface area (Å²) in [6.45, 7) is 2.54. The molecule has 0 saturated carbocycles. The zero-order valence-electron chi connectivity index (χ0n) is 26.0. The van der Waals surface area contributed by atoms with E-state index in [0.29, 0.717) is 13.2 Å². The summed E-state index contributed by atoms with van der Waals surface area (Å²) in [6.07, 6.45) is 0.287. The average Bonchev–Trinajstić information content (AvgIpc) is 4.09. The molecule has 2 saturated heterocycles. The van der Waals surface area contributed by atoms with Crippen LogP contribution in [0.5, 0.6) is 11.5 Å². The lowest BCUT2D eigenvalue weighted by atomic mass is 9.67. The van der Waals surface area contributed by atoms with Crippen molar-refractivity contribution in [2.75, 3.05) is 26.4 Å². The van der Waals surface area contributed by atoms with Crippen molar-refractivity contribution in [2.24, 2.45) is 0 Å². The number of fused-ring (bicyclic) bond motifs is 3. The smallest absolute Gasteiger partial charge is 0.127 e. The van der Waals surface area contributed by atoms with E-state index < -0.39 is 5.41 Å². The molecule has 0 radical (unpaired) electrons. The van der Waals surface area contributed by atoms with Gasteiger partial charge < -0.3 is 18.9 Å². The third kappa shape index (κ3) is 5.01. The highest BCUT2D eigenvalue weighted by Gasteiger charge is 2.46. The number of hydrogen-bond donors (Lipinski definition) is 0. The molecule has 0 spiro atoms. The summed E-state index contributed by atoms with van der Waals surface area (Å²) in [7, 11) is 0. The van der Waals surface area contributed by atoms with Gasteiger partial charge in [-0.05, 0) is 56.6 Å². The van der Waals surface area contributed by atoms with Gasteiger partial charge >= 0.3 is 0 Å². The van der Waals surface area contributed by atoms with E-state index >= 15 is 0 Å². The first-order chi connectivity index (χ1) is 23.3. The molecule has 4 heteroatoms. The molecule has 9 rings (SSSR count). The van der Waals surface area contributed by atoms with Crippen molar-refractivity contribution in [3.05, 3.63) is 168 Å². The summed E-state index contributed by atoms with van der Waals surface area (Å²) in [5, 5.41) is 0. The number of epoxide rings is 2. The molecule has 230 valence electrons. The van der Waals surface area contributed by atoms with Crippen LogP contribution in [-0.2, 0) is 14.9 Å². The van der Waals surface area contributed by atoms with Crippen molar-refractivity contribution in [2.45, 2.75) is 17.6 Å². The van der Waals surface area contributed by atoms with E-state index in [9.17, 15) is 0 Å². The normalized spacial score (nSPS) is 18.2. The predicted octanol–water partition coefficient (Wildman–Crippen LogP) is 8.94. The van der Waals surface area contributed by atoms with Crippen molar-refractivity contribution in [3.63, 3.8) is 0 Å². The number of hydrogen-bond acceptors (Lipinski definition) is 4. The van der Waals surface area contributed by atoms with Gasteiger partial charge in [0.25, 0.3) is 0 Å². The Morgan fingerprint density at radius 2 is 0.872 bits per heavy atom. The highest BCUT2D eigenvalue weighted by molar-refractivity contribution is 5.87. The summed E-state index contributed by atoms with van der Waals surface area (Å²) >= 11 is 0. The van der Waals surface area contributed by atoms with Crippen LogP contribution in [0.15, 0.2) is 146 Å². The van der Waals surface area contributed by atoms with Gasteiger partial charge in [0.1, 0.15) is 36.9 Å². The molecule has 0 bridgehead atoms. The fourth-order valence-corrected chi connectivity index (χ4v) is 7.18.